The van der Waals surface area contributed by atoms with Crippen molar-refractivity contribution in [2.45, 2.75) is 24.9 Å². The molecule has 0 radical (unpaired) electrons. The predicted molar refractivity (Wildman–Crippen MR) is 47.2 cm³/mol. The van der Waals surface area contributed by atoms with Gasteiger partial charge in [-0.1, -0.05) is 6.58 Å². The third-order valence-electron chi connectivity index (χ3n) is 2.36. The first-order valence-corrected chi connectivity index (χ1v) is 4.07. The Balaban J connectivity index is 2.87. The van der Waals surface area contributed by atoms with Gasteiger partial charge in [0.2, 0.25) is 5.79 Å². The normalized spacial score (nSPS) is 39.2. The number of rotatable bonds is 3. The lowest BCUT2D eigenvalue weighted by Crippen LogP contribution is -2.43. The molecule has 0 saturated carbocycles. The molecule has 0 bridgehead atoms. The summed E-state index contributed by atoms with van der Waals surface area (Å²) >= 11 is 0. The largest absolute Gasteiger partial charge is 0.462 e. The maximum atomic E-state index is 5.44. The Labute approximate surface area is 78.4 Å². The Morgan fingerprint density at radius 2 is 1.92 bits per heavy atom. The molecule has 3 atom stereocenters. The molecule has 0 aromatic rings. The van der Waals surface area contributed by atoms with Gasteiger partial charge in [-0.25, -0.2) is 0 Å². The molecule has 13 heavy (non-hydrogen) atoms. The van der Waals surface area contributed by atoms with Crippen LogP contribution >= 0.6 is 0 Å². The standard InChI is InChI=1S/C9H16O4/c1-6-7(10-3)8(11-4)9(2,12-5)13-6/h7-8H,1H2,2-5H3. The minimum absolute atomic E-state index is 0.269. The van der Waals surface area contributed by atoms with Crippen molar-refractivity contribution >= 4 is 0 Å². The van der Waals surface area contributed by atoms with Crippen LogP contribution in [0.2, 0.25) is 0 Å². The molecule has 1 saturated heterocycles. The fourth-order valence-electron chi connectivity index (χ4n) is 1.57. The van der Waals surface area contributed by atoms with Crippen molar-refractivity contribution in [2.75, 3.05) is 21.3 Å². The van der Waals surface area contributed by atoms with Gasteiger partial charge in [-0.05, 0) is 0 Å². The summed E-state index contributed by atoms with van der Waals surface area (Å²) in [7, 11) is 4.75. The lowest BCUT2D eigenvalue weighted by atomic mass is 10.1. The van der Waals surface area contributed by atoms with Gasteiger partial charge in [-0.2, -0.15) is 0 Å². The molecule has 4 nitrogen and oxygen atoms in total. The third-order valence-corrected chi connectivity index (χ3v) is 2.36. The first-order chi connectivity index (χ1) is 6.09. The van der Waals surface area contributed by atoms with E-state index in [-0.39, 0.29) is 12.2 Å². The van der Waals surface area contributed by atoms with E-state index in [9.17, 15) is 0 Å². The Morgan fingerprint density at radius 3 is 2.31 bits per heavy atom. The van der Waals surface area contributed by atoms with Crippen LogP contribution in [0.4, 0.5) is 0 Å². The molecule has 0 aromatic carbocycles. The summed E-state index contributed by atoms with van der Waals surface area (Å²) in [5.41, 5.74) is 0. The molecule has 0 N–H and O–H groups in total. The number of hydrogen-bond donors (Lipinski definition) is 0. The van der Waals surface area contributed by atoms with E-state index in [4.69, 9.17) is 18.9 Å². The van der Waals surface area contributed by atoms with Gasteiger partial charge < -0.3 is 18.9 Å². The van der Waals surface area contributed by atoms with Gasteiger partial charge in [0.25, 0.3) is 0 Å². The topological polar surface area (TPSA) is 36.9 Å². The highest BCUT2D eigenvalue weighted by atomic mass is 16.7. The van der Waals surface area contributed by atoms with E-state index in [0.717, 1.165) is 0 Å². The predicted octanol–water partition coefficient (Wildman–Crippen LogP) is 0.923. The molecule has 1 fully saturated rings. The van der Waals surface area contributed by atoms with Crippen molar-refractivity contribution in [3.8, 4) is 0 Å². The van der Waals surface area contributed by atoms with E-state index in [0.29, 0.717) is 5.76 Å². The highest BCUT2D eigenvalue weighted by molar-refractivity contribution is 5.09. The van der Waals surface area contributed by atoms with E-state index in [1.807, 2.05) is 0 Å². The van der Waals surface area contributed by atoms with E-state index < -0.39 is 5.79 Å². The van der Waals surface area contributed by atoms with E-state index in [1.54, 1.807) is 28.3 Å². The fourth-order valence-corrected chi connectivity index (χ4v) is 1.57. The molecule has 0 amide bonds. The first kappa shape index (κ1) is 10.5. The van der Waals surface area contributed by atoms with Crippen LogP contribution < -0.4 is 0 Å². The number of methoxy groups -OCH3 is 3. The summed E-state index contributed by atoms with van der Waals surface area (Å²) in [4.78, 5) is 0. The molecular formula is C9H16O4. The summed E-state index contributed by atoms with van der Waals surface area (Å²) in [5.74, 6) is -0.259. The summed E-state index contributed by atoms with van der Waals surface area (Å²) in [6.07, 6.45) is -0.551. The van der Waals surface area contributed by atoms with E-state index >= 15 is 0 Å². The van der Waals surface area contributed by atoms with Gasteiger partial charge in [0, 0.05) is 28.3 Å². The van der Waals surface area contributed by atoms with Crippen molar-refractivity contribution in [3.63, 3.8) is 0 Å². The van der Waals surface area contributed by atoms with Crippen LogP contribution in [0.1, 0.15) is 6.92 Å². The highest BCUT2D eigenvalue weighted by Crippen LogP contribution is 2.36. The van der Waals surface area contributed by atoms with Gasteiger partial charge in [0.15, 0.2) is 6.10 Å². The van der Waals surface area contributed by atoms with Crippen LogP contribution in [-0.2, 0) is 18.9 Å². The minimum atomic E-state index is -0.799. The molecule has 1 rings (SSSR count). The van der Waals surface area contributed by atoms with E-state index in [1.165, 1.54) is 0 Å². The molecule has 1 aliphatic heterocycles. The van der Waals surface area contributed by atoms with Crippen molar-refractivity contribution < 1.29 is 18.9 Å². The second kappa shape index (κ2) is 3.65. The zero-order valence-electron chi connectivity index (χ0n) is 8.49. The quantitative estimate of drug-likeness (QED) is 0.660. The van der Waals surface area contributed by atoms with E-state index in [2.05, 4.69) is 6.58 Å². The van der Waals surface area contributed by atoms with Crippen LogP contribution in [0.25, 0.3) is 0 Å². The van der Waals surface area contributed by atoms with Gasteiger partial charge >= 0.3 is 0 Å². The summed E-state index contributed by atoms with van der Waals surface area (Å²) < 4.78 is 21.1. The monoisotopic (exact) mass is 188 g/mol. The smallest absolute Gasteiger partial charge is 0.236 e. The van der Waals surface area contributed by atoms with Gasteiger partial charge in [-0.3, -0.25) is 0 Å². The van der Waals surface area contributed by atoms with Crippen LogP contribution in [0.15, 0.2) is 12.3 Å². The molecule has 1 aliphatic rings. The second-order valence-corrected chi connectivity index (χ2v) is 3.10. The van der Waals surface area contributed by atoms with Crippen LogP contribution in [0.5, 0.6) is 0 Å². The molecule has 1 heterocycles. The summed E-state index contributed by atoms with van der Waals surface area (Å²) in [6.45, 7) is 5.54. The molecule has 0 aliphatic carbocycles. The summed E-state index contributed by atoms with van der Waals surface area (Å²) in [6, 6.07) is 0. The van der Waals surface area contributed by atoms with Crippen LogP contribution in [-0.4, -0.2) is 39.3 Å². The molecule has 4 heteroatoms. The second-order valence-electron chi connectivity index (χ2n) is 3.10. The first-order valence-electron chi connectivity index (χ1n) is 4.07. The van der Waals surface area contributed by atoms with Crippen molar-refractivity contribution in [1.29, 1.82) is 0 Å². The van der Waals surface area contributed by atoms with Crippen molar-refractivity contribution in [2.24, 2.45) is 0 Å². The molecular weight excluding hydrogens is 172 g/mol. The molecule has 3 unspecified atom stereocenters. The van der Waals surface area contributed by atoms with Crippen molar-refractivity contribution in [1.82, 2.24) is 0 Å². The molecule has 76 valence electrons. The average Bonchev–Trinajstić information content (AvgIpc) is 2.37. The minimum Gasteiger partial charge on any atom is -0.462 e. The summed E-state index contributed by atoms with van der Waals surface area (Å²) in [5, 5.41) is 0. The SMILES string of the molecule is C=C1OC(C)(OC)C(OC)C1OC. The molecule has 0 spiro atoms. The average molecular weight is 188 g/mol. The fraction of sp³-hybridized carbons (Fsp3) is 0.778. The third kappa shape index (κ3) is 1.57. The molecule has 0 aromatic heterocycles. The Hall–Kier alpha value is -0.580. The maximum Gasteiger partial charge on any atom is 0.236 e. The lowest BCUT2D eigenvalue weighted by molar-refractivity contribution is -0.220. The Bertz CT molecular complexity index is 204. The van der Waals surface area contributed by atoms with Crippen molar-refractivity contribution in [3.05, 3.63) is 12.3 Å². The number of hydrogen-bond acceptors (Lipinski definition) is 4. The zero-order valence-corrected chi connectivity index (χ0v) is 8.49. The highest BCUT2D eigenvalue weighted by Gasteiger charge is 2.51. The Kier molecular flexibility index (Phi) is 2.95. The van der Waals surface area contributed by atoms with Gasteiger partial charge in [0.1, 0.15) is 11.9 Å². The van der Waals surface area contributed by atoms with Gasteiger partial charge in [-0.15, -0.1) is 0 Å². The maximum absolute atomic E-state index is 5.44. The van der Waals surface area contributed by atoms with Crippen LogP contribution in [0.3, 0.4) is 0 Å². The Morgan fingerprint density at radius 1 is 1.31 bits per heavy atom. The lowest BCUT2D eigenvalue weighted by Gasteiger charge is -2.27. The zero-order chi connectivity index (χ0) is 10.1. The van der Waals surface area contributed by atoms with Crippen LogP contribution in [0, 0.1) is 0 Å². The number of ether oxygens (including phenoxy) is 4. The van der Waals surface area contributed by atoms with Gasteiger partial charge in [0.05, 0.1) is 0 Å².